The standard InChI is InChI=1S/C19H16FN5O4S/c1-25-16(11-28-17-8-5-13(20)9-21-17)15(10-22-25)19-23-18(24-29-19)12-3-6-14(7-4-12)30(2,26)27/h3-10H,11H2,1-2H3. The third kappa shape index (κ3) is 4.06. The van der Waals surface area contributed by atoms with Crippen molar-refractivity contribution >= 4 is 9.84 Å². The van der Waals surface area contributed by atoms with Crippen molar-refractivity contribution < 1.29 is 22.1 Å². The van der Waals surface area contributed by atoms with Crippen LogP contribution in [-0.4, -0.2) is 39.6 Å². The Hall–Kier alpha value is -3.60. The summed E-state index contributed by atoms with van der Waals surface area (Å²) in [5.41, 5.74) is 1.84. The number of hydrogen-bond donors (Lipinski definition) is 0. The molecule has 0 spiro atoms. The summed E-state index contributed by atoms with van der Waals surface area (Å²) in [6.07, 6.45) is 3.78. The third-order valence-corrected chi connectivity index (χ3v) is 5.44. The molecule has 0 saturated carbocycles. The highest BCUT2D eigenvalue weighted by molar-refractivity contribution is 7.90. The fraction of sp³-hybridized carbons (Fsp3) is 0.158. The van der Waals surface area contributed by atoms with Crippen LogP contribution in [0.25, 0.3) is 22.8 Å². The maximum atomic E-state index is 13.0. The molecular weight excluding hydrogens is 413 g/mol. The van der Waals surface area contributed by atoms with Crippen molar-refractivity contribution in [2.45, 2.75) is 11.5 Å². The monoisotopic (exact) mass is 429 g/mol. The topological polar surface area (TPSA) is 113 Å². The van der Waals surface area contributed by atoms with Crippen molar-refractivity contribution in [3.8, 4) is 28.7 Å². The van der Waals surface area contributed by atoms with E-state index in [0.29, 0.717) is 22.6 Å². The molecule has 1 aromatic carbocycles. The van der Waals surface area contributed by atoms with Crippen LogP contribution in [0, 0.1) is 5.82 Å². The molecular formula is C19H16FN5O4S. The molecule has 0 aliphatic rings. The lowest BCUT2D eigenvalue weighted by Gasteiger charge is -2.06. The summed E-state index contributed by atoms with van der Waals surface area (Å²) in [6.45, 7) is 0.102. The van der Waals surface area contributed by atoms with Crippen LogP contribution in [0.1, 0.15) is 5.69 Å². The Labute approximate surface area is 171 Å². The zero-order valence-corrected chi connectivity index (χ0v) is 16.8. The maximum absolute atomic E-state index is 13.0. The zero-order chi connectivity index (χ0) is 21.3. The summed E-state index contributed by atoms with van der Waals surface area (Å²) >= 11 is 0. The van der Waals surface area contributed by atoms with E-state index in [9.17, 15) is 12.8 Å². The fourth-order valence-corrected chi connectivity index (χ4v) is 3.33. The van der Waals surface area contributed by atoms with Crippen LogP contribution in [0.15, 0.2) is 58.2 Å². The summed E-state index contributed by atoms with van der Waals surface area (Å²) in [4.78, 5) is 8.44. The van der Waals surface area contributed by atoms with E-state index in [1.807, 2.05) is 0 Å². The number of ether oxygens (including phenoxy) is 1. The third-order valence-electron chi connectivity index (χ3n) is 4.32. The highest BCUT2D eigenvalue weighted by Gasteiger charge is 2.19. The highest BCUT2D eigenvalue weighted by Crippen LogP contribution is 2.26. The van der Waals surface area contributed by atoms with Crippen molar-refractivity contribution in [1.82, 2.24) is 24.9 Å². The van der Waals surface area contributed by atoms with Gasteiger partial charge < -0.3 is 9.26 Å². The van der Waals surface area contributed by atoms with E-state index in [0.717, 1.165) is 12.5 Å². The van der Waals surface area contributed by atoms with Crippen LogP contribution in [0.5, 0.6) is 5.88 Å². The lowest BCUT2D eigenvalue weighted by Crippen LogP contribution is -2.05. The van der Waals surface area contributed by atoms with Crippen LogP contribution >= 0.6 is 0 Å². The number of aryl methyl sites for hydroxylation is 1. The van der Waals surface area contributed by atoms with Gasteiger partial charge in [-0.2, -0.15) is 10.1 Å². The first-order chi connectivity index (χ1) is 14.3. The Morgan fingerprint density at radius 1 is 1.13 bits per heavy atom. The minimum absolute atomic E-state index is 0.102. The quantitative estimate of drug-likeness (QED) is 0.460. The van der Waals surface area contributed by atoms with E-state index >= 15 is 0 Å². The van der Waals surface area contributed by atoms with Gasteiger partial charge in [-0.05, 0) is 30.3 Å². The van der Waals surface area contributed by atoms with E-state index in [1.54, 1.807) is 30.1 Å². The number of pyridine rings is 1. The van der Waals surface area contributed by atoms with Gasteiger partial charge in [0.1, 0.15) is 12.4 Å². The number of nitrogens with zero attached hydrogens (tertiary/aromatic N) is 5. The minimum Gasteiger partial charge on any atom is -0.471 e. The molecule has 0 unspecified atom stereocenters. The molecule has 11 heteroatoms. The summed E-state index contributed by atoms with van der Waals surface area (Å²) < 4.78 is 48.7. The first kappa shape index (κ1) is 19.7. The van der Waals surface area contributed by atoms with Gasteiger partial charge in [0, 0.05) is 24.9 Å². The van der Waals surface area contributed by atoms with Crippen LogP contribution in [0.2, 0.25) is 0 Å². The molecule has 0 saturated heterocycles. The zero-order valence-electron chi connectivity index (χ0n) is 16.0. The van der Waals surface area contributed by atoms with Crippen molar-refractivity contribution in [2.24, 2.45) is 7.05 Å². The number of benzene rings is 1. The summed E-state index contributed by atoms with van der Waals surface area (Å²) in [7, 11) is -1.55. The number of aromatic nitrogens is 5. The van der Waals surface area contributed by atoms with Gasteiger partial charge in [-0.3, -0.25) is 4.68 Å². The van der Waals surface area contributed by atoms with Gasteiger partial charge >= 0.3 is 0 Å². The van der Waals surface area contributed by atoms with Gasteiger partial charge in [-0.25, -0.2) is 17.8 Å². The Kier molecular flexibility index (Phi) is 5.04. The van der Waals surface area contributed by atoms with Gasteiger partial charge in [0.15, 0.2) is 9.84 Å². The van der Waals surface area contributed by atoms with E-state index < -0.39 is 15.7 Å². The van der Waals surface area contributed by atoms with Gasteiger partial charge in [0.25, 0.3) is 5.89 Å². The van der Waals surface area contributed by atoms with E-state index in [4.69, 9.17) is 9.26 Å². The molecule has 0 radical (unpaired) electrons. The predicted octanol–water partition coefficient (Wildman–Crippen LogP) is 2.65. The lowest BCUT2D eigenvalue weighted by molar-refractivity contribution is 0.282. The molecule has 0 aliphatic carbocycles. The second-order valence-corrected chi connectivity index (χ2v) is 8.47. The van der Waals surface area contributed by atoms with Gasteiger partial charge in [0.2, 0.25) is 11.7 Å². The van der Waals surface area contributed by atoms with E-state index in [2.05, 4.69) is 20.2 Å². The molecule has 9 nitrogen and oxygen atoms in total. The highest BCUT2D eigenvalue weighted by atomic mass is 32.2. The van der Waals surface area contributed by atoms with Crippen molar-refractivity contribution in [1.29, 1.82) is 0 Å². The SMILES string of the molecule is Cn1ncc(-c2nc(-c3ccc(S(C)(=O)=O)cc3)no2)c1COc1ccc(F)cn1. The number of halogens is 1. The maximum Gasteiger partial charge on any atom is 0.261 e. The Balaban J connectivity index is 1.57. The smallest absolute Gasteiger partial charge is 0.261 e. The molecule has 30 heavy (non-hydrogen) atoms. The molecule has 0 amide bonds. The molecule has 3 heterocycles. The fourth-order valence-electron chi connectivity index (χ4n) is 2.70. The molecule has 0 fully saturated rings. The number of sulfone groups is 1. The van der Waals surface area contributed by atoms with Crippen LogP contribution in [-0.2, 0) is 23.5 Å². The summed E-state index contributed by atoms with van der Waals surface area (Å²) in [6, 6.07) is 8.87. The van der Waals surface area contributed by atoms with E-state index in [1.165, 1.54) is 24.3 Å². The molecule has 0 atom stereocenters. The molecule has 4 rings (SSSR count). The second-order valence-electron chi connectivity index (χ2n) is 6.45. The molecule has 0 N–H and O–H groups in total. The Bertz CT molecular complexity index is 1280. The van der Waals surface area contributed by atoms with Gasteiger partial charge in [-0.1, -0.05) is 5.16 Å². The second kappa shape index (κ2) is 7.67. The molecule has 4 aromatic rings. The van der Waals surface area contributed by atoms with Crippen molar-refractivity contribution in [3.63, 3.8) is 0 Å². The molecule has 0 aliphatic heterocycles. The Morgan fingerprint density at radius 2 is 1.90 bits per heavy atom. The largest absolute Gasteiger partial charge is 0.471 e. The average molecular weight is 429 g/mol. The molecule has 3 aromatic heterocycles. The summed E-state index contributed by atoms with van der Waals surface area (Å²) in [5, 5.41) is 8.17. The lowest BCUT2D eigenvalue weighted by atomic mass is 10.2. The van der Waals surface area contributed by atoms with Crippen molar-refractivity contribution in [3.05, 3.63) is 60.3 Å². The number of rotatable bonds is 6. The van der Waals surface area contributed by atoms with Crippen LogP contribution in [0.3, 0.4) is 0 Å². The molecule has 154 valence electrons. The van der Waals surface area contributed by atoms with Crippen molar-refractivity contribution in [2.75, 3.05) is 6.26 Å². The normalized spacial score (nSPS) is 11.6. The predicted molar refractivity (Wildman–Crippen MR) is 104 cm³/mol. The van der Waals surface area contributed by atoms with Crippen LogP contribution in [0.4, 0.5) is 4.39 Å². The average Bonchev–Trinajstić information content (AvgIpc) is 3.34. The molecule has 0 bridgehead atoms. The first-order valence-corrected chi connectivity index (χ1v) is 10.6. The van der Waals surface area contributed by atoms with Crippen LogP contribution < -0.4 is 4.74 Å². The minimum atomic E-state index is -3.29. The first-order valence-electron chi connectivity index (χ1n) is 8.71. The summed E-state index contributed by atoms with van der Waals surface area (Å²) in [5.74, 6) is 0.351. The van der Waals surface area contributed by atoms with E-state index in [-0.39, 0.29) is 23.3 Å². The Morgan fingerprint density at radius 3 is 2.57 bits per heavy atom. The van der Waals surface area contributed by atoms with Gasteiger partial charge in [-0.15, -0.1) is 0 Å². The number of hydrogen-bond acceptors (Lipinski definition) is 8. The van der Waals surface area contributed by atoms with Gasteiger partial charge in [0.05, 0.1) is 28.5 Å².